The molecule has 0 saturated heterocycles. The summed E-state index contributed by atoms with van der Waals surface area (Å²) in [7, 11) is 0. The van der Waals surface area contributed by atoms with Crippen molar-refractivity contribution >= 4 is 11.7 Å². The fraction of sp³-hybridized carbons (Fsp3) is 0.500. The Balaban J connectivity index is 1.84. The molecule has 0 radical (unpaired) electrons. The molecule has 2 rings (SSSR count). The number of primary amides is 1. The van der Waals surface area contributed by atoms with Crippen LogP contribution in [0.5, 0.6) is 0 Å². The Morgan fingerprint density at radius 1 is 1.38 bits per heavy atom. The SMILES string of the molecule is NC(=O)c1nccnc1NCCNC1CC1. The van der Waals surface area contributed by atoms with E-state index in [2.05, 4.69) is 20.6 Å². The number of aromatic nitrogens is 2. The van der Waals surface area contributed by atoms with E-state index in [9.17, 15) is 4.79 Å². The second kappa shape index (κ2) is 4.89. The zero-order chi connectivity index (χ0) is 11.4. The van der Waals surface area contributed by atoms with Crippen molar-refractivity contribution < 1.29 is 4.79 Å². The molecule has 0 unspecified atom stereocenters. The van der Waals surface area contributed by atoms with Gasteiger partial charge in [0.1, 0.15) is 0 Å². The minimum Gasteiger partial charge on any atom is -0.367 e. The molecule has 6 nitrogen and oxygen atoms in total. The van der Waals surface area contributed by atoms with Crippen LogP contribution in [0.2, 0.25) is 0 Å². The first-order chi connectivity index (χ1) is 7.77. The Kier molecular flexibility index (Phi) is 3.31. The molecule has 4 N–H and O–H groups in total. The summed E-state index contributed by atoms with van der Waals surface area (Å²) in [6.45, 7) is 1.55. The van der Waals surface area contributed by atoms with Gasteiger partial charge in [-0.1, -0.05) is 0 Å². The van der Waals surface area contributed by atoms with Crippen molar-refractivity contribution in [2.24, 2.45) is 5.73 Å². The summed E-state index contributed by atoms with van der Waals surface area (Å²) in [6, 6.07) is 0.680. The number of carbonyl (C=O) groups is 1. The van der Waals surface area contributed by atoms with E-state index in [4.69, 9.17) is 5.73 Å². The van der Waals surface area contributed by atoms with Crippen LogP contribution in [0, 0.1) is 0 Å². The number of anilines is 1. The molecule has 1 aliphatic rings. The molecule has 1 heterocycles. The molecule has 1 aromatic rings. The molecule has 1 aromatic heterocycles. The van der Waals surface area contributed by atoms with Crippen molar-refractivity contribution in [2.75, 3.05) is 18.4 Å². The Morgan fingerprint density at radius 2 is 2.12 bits per heavy atom. The molecule has 1 saturated carbocycles. The van der Waals surface area contributed by atoms with Gasteiger partial charge in [-0.3, -0.25) is 4.79 Å². The van der Waals surface area contributed by atoms with E-state index in [-0.39, 0.29) is 5.69 Å². The monoisotopic (exact) mass is 221 g/mol. The molecule has 6 heteroatoms. The predicted molar refractivity (Wildman–Crippen MR) is 60.1 cm³/mol. The average molecular weight is 221 g/mol. The summed E-state index contributed by atoms with van der Waals surface area (Å²) in [5.41, 5.74) is 5.37. The molecule has 0 spiro atoms. The predicted octanol–water partition coefficient (Wildman–Crippen LogP) is -0.261. The molecule has 86 valence electrons. The van der Waals surface area contributed by atoms with Crippen molar-refractivity contribution in [2.45, 2.75) is 18.9 Å². The first kappa shape index (κ1) is 10.8. The van der Waals surface area contributed by atoms with E-state index in [0.717, 1.165) is 6.54 Å². The number of hydrogen-bond donors (Lipinski definition) is 3. The van der Waals surface area contributed by atoms with Gasteiger partial charge in [-0.25, -0.2) is 9.97 Å². The van der Waals surface area contributed by atoms with Crippen molar-refractivity contribution in [3.05, 3.63) is 18.1 Å². The van der Waals surface area contributed by atoms with Gasteiger partial charge in [0.05, 0.1) is 0 Å². The normalized spacial score (nSPS) is 14.8. The van der Waals surface area contributed by atoms with Crippen molar-refractivity contribution in [1.82, 2.24) is 15.3 Å². The van der Waals surface area contributed by atoms with Crippen LogP contribution < -0.4 is 16.4 Å². The Bertz CT molecular complexity index is 377. The van der Waals surface area contributed by atoms with Gasteiger partial charge in [-0.2, -0.15) is 0 Å². The van der Waals surface area contributed by atoms with Crippen LogP contribution in [0.15, 0.2) is 12.4 Å². The lowest BCUT2D eigenvalue weighted by Gasteiger charge is -2.08. The van der Waals surface area contributed by atoms with Gasteiger partial charge in [-0.15, -0.1) is 0 Å². The Hall–Kier alpha value is -1.69. The van der Waals surface area contributed by atoms with Gasteiger partial charge in [0.2, 0.25) is 0 Å². The fourth-order valence-corrected chi connectivity index (χ4v) is 1.39. The third-order valence-corrected chi connectivity index (χ3v) is 2.36. The van der Waals surface area contributed by atoms with Crippen LogP contribution in [0.3, 0.4) is 0 Å². The molecular formula is C10H15N5O. The highest BCUT2D eigenvalue weighted by Crippen LogP contribution is 2.17. The first-order valence-electron chi connectivity index (χ1n) is 5.35. The van der Waals surface area contributed by atoms with Crippen molar-refractivity contribution in [1.29, 1.82) is 0 Å². The van der Waals surface area contributed by atoms with E-state index < -0.39 is 5.91 Å². The van der Waals surface area contributed by atoms with E-state index in [1.54, 1.807) is 0 Å². The molecule has 1 amide bonds. The van der Waals surface area contributed by atoms with Gasteiger partial charge < -0.3 is 16.4 Å². The molecule has 0 atom stereocenters. The second-order valence-corrected chi connectivity index (χ2v) is 3.77. The lowest BCUT2D eigenvalue weighted by molar-refractivity contribution is 0.0996. The fourth-order valence-electron chi connectivity index (χ4n) is 1.39. The standard InChI is InChI=1S/C10H15N5O/c11-9(16)8-10(15-6-4-13-8)14-5-3-12-7-1-2-7/h4,6-7,12H,1-3,5H2,(H2,11,16)(H,14,15). The molecule has 0 aliphatic heterocycles. The molecule has 0 bridgehead atoms. The number of nitrogens with one attached hydrogen (secondary N) is 2. The lowest BCUT2D eigenvalue weighted by Crippen LogP contribution is -2.25. The molecular weight excluding hydrogens is 206 g/mol. The quantitative estimate of drug-likeness (QED) is 0.575. The van der Waals surface area contributed by atoms with Crippen LogP contribution in [-0.4, -0.2) is 35.0 Å². The highest BCUT2D eigenvalue weighted by Gasteiger charge is 2.19. The van der Waals surface area contributed by atoms with Gasteiger partial charge in [-0.05, 0) is 12.8 Å². The topological polar surface area (TPSA) is 92.9 Å². The summed E-state index contributed by atoms with van der Waals surface area (Å²) < 4.78 is 0. The highest BCUT2D eigenvalue weighted by atomic mass is 16.1. The van der Waals surface area contributed by atoms with Crippen molar-refractivity contribution in [3.63, 3.8) is 0 Å². The zero-order valence-electron chi connectivity index (χ0n) is 8.94. The molecule has 1 aliphatic carbocycles. The summed E-state index contributed by atoms with van der Waals surface area (Å²) in [5.74, 6) is -0.113. The van der Waals surface area contributed by atoms with Crippen LogP contribution in [0.4, 0.5) is 5.82 Å². The van der Waals surface area contributed by atoms with Gasteiger partial charge in [0.15, 0.2) is 11.5 Å². The Morgan fingerprint density at radius 3 is 2.81 bits per heavy atom. The smallest absolute Gasteiger partial charge is 0.271 e. The third-order valence-electron chi connectivity index (χ3n) is 2.36. The number of carbonyl (C=O) groups excluding carboxylic acids is 1. The molecule has 0 aromatic carbocycles. The lowest BCUT2D eigenvalue weighted by atomic mass is 10.4. The minimum atomic E-state index is -0.564. The van der Waals surface area contributed by atoms with Gasteiger partial charge in [0.25, 0.3) is 5.91 Å². The number of amides is 1. The number of rotatable bonds is 6. The highest BCUT2D eigenvalue weighted by molar-refractivity contribution is 5.95. The van der Waals surface area contributed by atoms with E-state index in [0.29, 0.717) is 18.4 Å². The van der Waals surface area contributed by atoms with E-state index in [1.807, 2.05) is 0 Å². The zero-order valence-corrected chi connectivity index (χ0v) is 8.94. The summed E-state index contributed by atoms with van der Waals surface area (Å²) in [4.78, 5) is 19.0. The van der Waals surface area contributed by atoms with Crippen LogP contribution in [0.25, 0.3) is 0 Å². The number of nitrogens with two attached hydrogens (primary N) is 1. The minimum absolute atomic E-state index is 0.189. The van der Waals surface area contributed by atoms with Crippen LogP contribution >= 0.6 is 0 Å². The van der Waals surface area contributed by atoms with E-state index >= 15 is 0 Å². The summed E-state index contributed by atoms with van der Waals surface area (Å²) in [6.07, 6.45) is 5.51. The van der Waals surface area contributed by atoms with Crippen molar-refractivity contribution in [3.8, 4) is 0 Å². The summed E-state index contributed by atoms with van der Waals surface area (Å²) >= 11 is 0. The van der Waals surface area contributed by atoms with Gasteiger partial charge >= 0.3 is 0 Å². The summed E-state index contributed by atoms with van der Waals surface area (Å²) in [5, 5.41) is 6.39. The second-order valence-electron chi connectivity index (χ2n) is 3.77. The maximum Gasteiger partial charge on any atom is 0.271 e. The first-order valence-corrected chi connectivity index (χ1v) is 5.35. The maximum atomic E-state index is 11.0. The number of hydrogen-bond acceptors (Lipinski definition) is 5. The van der Waals surface area contributed by atoms with Gasteiger partial charge in [0, 0.05) is 31.5 Å². The average Bonchev–Trinajstić information content (AvgIpc) is 3.08. The van der Waals surface area contributed by atoms with Crippen LogP contribution in [0.1, 0.15) is 23.3 Å². The molecule has 16 heavy (non-hydrogen) atoms. The largest absolute Gasteiger partial charge is 0.367 e. The third kappa shape index (κ3) is 2.90. The van der Waals surface area contributed by atoms with Crippen LogP contribution in [-0.2, 0) is 0 Å². The number of nitrogens with zero attached hydrogens (tertiary/aromatic N) is 2. The molecule has 1 fully saturated rings. The Labute approximate surface area is 93.7 Å². The maximum absolute atomic E-state index is 11.0. The van der Waals surface area contributed by atoms with E-state index in [1.165, 1.54) is 25.2 Å².